The minimum atomic E-state index is -1.84. The van der Waals surface area contributed by atoms with Crippen LogP contribution in [-0.2, 0) is 14.3 Å². The molecule has 12 heteroatoms. The summed E-state index contributed by atoms with van der Waals surface area (Å²) in [6.07, 6.45) is -4.78. The van der Waals surface area contributed by atoms with E-state index in [-0.39, 0.29) is 33.6 Å². The summed E-state index contributed by atoms with van der Waals surface area (Å²) in [5.74, 6) is -2.05. The van der Waals surface area contributed by atoms with Crippen molar-refractivity contribution in [3.05, 3.63) is 76.5 Å². The Kier molecular flexibility index (Phi) is 9.28. The monoisotopic (exact) mass is 598 g/mol. The molecular weight excluding hydrogens is 564 g/mol. The molecule has 3 aromatic rings. The van der Waals surface area contributed by atoms with E-state index in [2.05, 4.69) is 6.58 Å². The van der Waals surface area contributed by atoms with Gasteiger partial charge in [-0.05, 0) is 51.0 Å². The maximum atomic E-state index is 13.0. The van der Waals surface area contributed by atoms with E-state index in [1.807, 2.05) is 0 Å². The summed E-state index contributed by atoms with van der Waals surface area (Å²) < 4.78 is 17.0. The van der Waals surface area contributed by atoms with E-state index >= 15 is 0 Å². The van der Waals surface area contributed by atoms with Crippen molar-refractivity contribution in [2.45, 2.75) is 62.8 Å². The Hall–Kier alpha value is -4.20. The summed E-state index contributed by atoms with van der Waals surface area (Å²) in [5.41, 5.74) is -1.88. The largest absolute Gasteiger partial charge is 0.508 e. The van der Waals surface area contributed by atoms with Gasteiger partial charge in [-0.1, -0.05) is 12.2 Å². The van der Waals surface area contributed by atoms with E-state index in [0.717, 1.165) is 12.1 Å². The lowest BCUT2D eigenvalue weighted by Gasteiger charge is -2.40. The molecule has 1 fully saturated rings. The third-order valence-corrected chi connectivity index (χ3v) is 7.39. The standard InChI is InChI=1S/C31H34O12/c1-4-31(3,40)11-5-6-15(2)30(39)41-14-22-25(36)26(37)27(38)29(43-22)24-19(34)12-18(33)23-20(35)13-21(42-28(23)24)16-7-9-17(32)10-8-16/h4,6-10,12-13,22,25-27,29,32-34,36-38,40H,1,5,11,14H2,2-3H3/b15-6+/t22-,25-,26+,27-,29?,31?/m1/s1. The van der Waals surface area contributed by atoms with Gasteiger partial charge < -0.3 is 49.6 Å². The predicted octanol–water partition coefficient (Wildman–Crippen LogP) is 2.31. The molecule has 0 radical (unpaired) electrons. The van der Waals surface area contributed by atoms with Gasteiger partial charge in [-0.15, -0.1) is 6.58 Å². The molecule has 0 amide bonds. The molecule has 2 aromatic carbocycles. The zero-order valence-electron chi connectivity index (χ0n) is 23.5. The van der Waals surface area contributed by atoms with Crippen LogP contribution in [0.3, 0.4) is 0 Å². The Morgan fingerprint density at radius 2 is 1.72 bits per heavy atom. The van der Waals surface area contributed by atoms with Crippen LogP contribution in [0, 0.1) is 0 Å². The normalized spacial score (nSPS) is 24.0. The topological polar surface area (TPSA) is 207 Å². The van der Waals surface area contributed by atoms with E-state index in [1.165, 1.54) is 37.3 Å². The highest BCUT2D eigenvalue weighted by Gasteiger charge is 2.46. The SMILES string of the molecule is C=CC(C)(O)CC/C=C(\C)C(=O)OC[C@H]1OC(c2c(O)cc(O)c3c(=O)cc(-c4ccc(O)cc4)oc23)[C@H](O)[C@@H](O)[C@@H]1O. The Bertz CT molecular complexity index is 1590. The third kappa shape index (κ3) is 6.74. The van der Waals surface area contributed by atoms with Crippen LogP contribution in [0.15, 0.2) is 69.9 Å². The molecule has 0 bridgehead atoms. The summed E-state index contributed by atoms with van der Waals surface area (Å²) >= 11 is 0. The van der Waals surface area contributed by atoms with Crippen molar-refractivity contribution >= 4 is 16.9 Å². The Morgan fingerprint density at radius 1 is 1.05 bits per heavy atom. The number of benzene rings is 2. The van der Waals surface area contributed by atoms with Crippen molar-refractivity contribution in [3.8, 4) is 28.6 Å². The number of esters is 1. The molecule has 2 unspecified atom stereocenters. The van der Waals surface area contributed by atoms with Crippen LogP contribution in [0.1, 0.15) is 38.4 Å². The molecule has 0 saturated carbocycles. The lowest BCUT2D eigenvalue weighted by atomic mass is 9.89. The molecule has 2 heterocycles. The van der Waals surface area contributed by atoms with Gasteiger partial charge in [0.05, 0.1) is 11.2 Å². The van der Waals surface area contributed by atoms with Crippen molar-refractivity contribution in [2.75, 3.05) is 6.61 Å². The van der Waals surface area contributed by atoms with Gasteiger partial charge in [-0.25, -0.2) is 4.79 Å². The van der Waals surface area contributed by atoms with E-state index in [1.54, 1.807) is 13.0 Å². The molecule has 4 rings (SSSR count). The summed E-state index contributed by atoms with van der Waals surface area (Å²) in [6.45, 7) is 6.06. The molecule has 7 N–H and O–H groups in total. The van der Waals surface area contributed by atoms with Crippen LogP contribution in [-0.4, -0.2) is 78.3 Å². The van der Waals surface area contributed by atoms with Crippen molar-refractivity contribution in [2.24, 2.45) is 0 Å². The number of hydrogen-bond acceptors (Lipinski definition) is 12. The molecule has 1 aromatic heterocycles. The minimum absolute atomic E-state index is 0.00280. The van der Waals surface area contributed by atoms with Crippen LogP contribution in [0.2, 0.25) is 0 Å². The second kappa shape index (κ2) is 12.6. The first-order valence-corrected chi connectivity index (χ1v) is 13.5. The molecule has 12 nitrogen and oxygen atoms in total. The molecule has 230 valence electrons. The number of carbonyl (C=O) groups excluding carboxylic acids is 1. The van der Waals surface area contributed by atoms with E-state index in [9.17, 15) is 45.3 Å². The van der Waals surface area contributed by atoms with Crippen molar-refractivity contribution in [1.29, 1.82) is 0 Å². The summed E-state index contributed by atoms with van der Waals surface area (Å²) in [5, 5.41) is 72.7. The van der Waals surface area contributed by atoms with Gasteiger partial charge in [-0.2, -0.15) is 0 Å². The van der Waals surface area contributed by atoms with Crippen LogP contribution < -0.4 is 5.43 Å². The smallest absolute Gasteiger partial charge is 0.333 e. The Labute approximate surface area is 246 Å². The van der Waals surface area contributed by atoms with Crippen LogP contribution >= 0.6 is 0 Å². The van der Waals surface area contributed by atoms with Crippen LogP contribution in [0.25, 0.3) is 22.3 Å². The van der Waals surface area contributed by atoms with Gasteiger partial charge in [0.25, 0.3) is 0 Å². The lowest BCUT2D eigenvalue weighted by Crippen LogP contribution is -2.55. The first kappa shape index (κ1) is 31.7. The summed E-state index contributed by atoms with van der Waals surface area (Å²) in [7, 11) is 0. The highest BCUT2D eigenvalue weighted by molar-refractivity contribution is 5.90. The van der Waals surface area contributed by atoms with Gasteiger partial charge in [-0.3, -0.25) is 4.79 Å². The number of hydrogen-bond donors (Lipinski definition) is 7. The number of ether oxygens (including phenoxy) is 2. The maximum absolute atomic E-state index is 13.0. The van der Waals surface area contributed by atoms with Crippen molar-refractivity contribution in [3.63, 3.8) is 0 Å². The van der Waals surface area contributed by atoms with E-state index in [0.29, 0.717) is 18.4 Å². The van der Waals surface area contributed by atoms with Gasteiger partial charge >= 0.3 is 5.97 Å². The fraction of sp³-hybridized carbons (Fsp3) is 0.355. The quantitative estimate of drug-likeness (QED) is 0.108. The minimum Gasteiger partial charge on any atom is -0.508 e. The predicted molar refractivity (Wildman–Crippen MR) is 153 cm³/mol. The molecule has 1 saturated heterocycles. The van der Waals surface area contributed by atoms with Crippen molar-refractivity contribution < 1.29 is 54.4 Å². The maximum Gasteiger partial charge on any atom is 0.333 e. The fourth-order valence-corrected chi connectivity index (χ4v) is 4.73. The first-order chi connectivity index (χ1) is 20.2. The molecule has 0 spiro atoms. The first-order valence-electron chi connectivity index (χ1n) is 13.5. The number of phenolic OH excluding ortho intramolecular Hbond substituents is 3. The molecule has 43 heavy (non-hydrogen) atoms. The van der Waals surface area contributed by atoms with Gasteiger partial charge in [0.1, 0.15) is 65.5 Å². The molecular formula is C31H34O12. The number of allylic oxidation sites excluding steroid dienone is 1. The number of carbonyl (C=O) groups is 1. The van der Waals surface area contributed by atoms with E-state index in [4.69, 9.17) is 13.9 Å². The third-order valence-electron chi connectivity index (χ3n) is 7.39. The Balaban J connectivity index is 1.65. The lowest BCUT2D eigenvalue weighted by molar-refractivity contribution is -0.234. The van der Waals surface area contributed by atoms with Gasteiger partial charge in [0.2, 0.25) is 0 Å². The highest BCUT2D eigenvalue weighted by Crippen LogP contribution is 2.43. The fourth-order valence-electron chi connectivity index (χ4n) is 4.73. The zero-order valence-corrected chi connectivity index (χ0v) is 23.5. The highest BCUT2D eigenvalue weighted by atomic mass is 16.6. The average Bonchev–Trinajstić information content (AvgIpc) is 2.96. The number of fused-ring (bicyclic) bond motifs is 1. The number of aromatic hydroxyl groups is 3. The summed E-state index contributed by atoms with van der Waals surface area (Å²) in [4.78, 5) is 25.6. The van der Waals surface area contributed by atoms with Gasteiger partial charge in [0, 0.05) is 23.3 Å². The number of rotatable bonds is 9. The Morgan fingerprint density at radius 3 is 2.37 bits per heavy atom. The van der Waals surface area contributed by atoms with Crippen molar-refractivity contribution in [1.82, 2.24) is 0 Å². The van der Waals surface area contributed by atoms with Crippen LogP contribution in [0.4, 0.5) is 0 Å². The number of aliphatic hydroxyl groups excluding tert-OH is 3. The second-order valence-corrected chi connectivity index (χ2v) is 10.7. The molecule has 1 aliphatic rings. The average molecular weight is 599 g/mol. The van der Waals surface area contributed by atoms with Crippen LogP contribution in [0.5, 0.6) is 17.2 Å². The molecule has 1 aliphatic heterocycles. The zero-order chi connectivity index (χ0) is 31.6. The number of aliphatic hydroxyl groups is 4. The van der Waals surface area contributed by atoms with Gasteiger partial charge in [0.15, 0.2) is 11.0 Å². The second-order valence-electron chi connectivity index (χ2n) is 10.7. The molecule has 6 atom stereocenters. The molecule has 0 aliphatic carbocycles. The summed E-state index contributed by atoms with van der Waals surface area (Å²) in [6, 6.07) is 7.62. The van der Waals surface area contributed by atoms with E-state index < -0.39 is 65.6 Å². The number of phenols is 3.